The Morgan fingerprint density at radius 2 is 1.57 bits per heavy atom. The van der Waals surface area contributed by atoms with Gasteiger partial charge >= 0.3 is 15.6 Å². The molecular weight excluding hydrogens is 262 g/mol. The first-order chi connectivity index (χ1) is 5.97. The lowest BCUT2D eigenvalue weighted by Crippen LogP contribution is -2.02. The molecule has 0 aromatic rings. The van der Waals surface area contributed by atoms with Crippen molar-refractivity contribution >= 4 is 25.8 Å². The van der Waals surface area contributed by atoms with Crippen LogP contribution in [0.15, 0.2) is 0 Å². The van der Waals surface area contributed by atoms with E-state index in [-0.39, 0.29) is 0 Å². The molecule has 12 heteroatoms. The maximum Gasteiger partial charge on any atom is 0.495 e. The molecular formula is C2H8O9P2S. The predicted octanol–water partition coefficient (Wildman–Crippen LogP) is -0.174. The minimum atomic E-state index is -5.18. The van der Waals surface area contributed by atoms with Crippen LogP contribution >= 0.6 is 15.6 Å². The summed E-state index contributed by atoms with van der Waals surface area (Å²) >= 11 is 0. The van der Waals surface area contributed by atoms with E-state index in [2.05, 4.69) is 12.8 Å². The van der Waals surface area contributed by atoms with Gasteiger partial charge in [-0.25, -0.2) is 9.13 Å². The van der Waals surface area contributed by atoms with Crippen LogP contribution in [0.4, 0.5) is 0 Å². The third-order valence-corrected chi connectivity index (χ3v) is 4.62. The smallest absolute Gasteiger partial charge is 0.302 e. The van der Waals surface area contributed by atoms with E-state index in [1.807, 2.05) is 0 Å². The van der Waals surface area contributed by atoms with Gasteiger partial charge in [-0.2, -0.15) is 16.7 Å². The van der Waals surface area contributed by atoms with Crippen LogP contribution in [0.25, 0.3) is 0 Å². The molecule has 0 aromatic heterocycles. The van der Waals surface area contributed by atoms with Gasteiger partial charge in [0.05, 0.1) is 6.26 Å². The predicted molar refractivity (Wildman–Crippen MR) is 43.7 cm³/mol. The minimum absolute atomic E-state index is 0.467. The summed E-state index contributed by atoms with van der Waals surface area (Å²) in [6, 6.07) is 0. The van der Waals surface area contributed by atoms with Crippen LogP contribution in [-0.2, 0) is 32.1 Å². The fourth-order valence-corrected chi connectivity index (χ4v) is 3.38. The molecule has 9 nitrogen and oxygen atoms in total. The summed E-state index contributed by atoms with van der Waals surface area (Å²) in [6.45, 7) is 0. The van der Waals surface area contributed by atoms with Gasteiger partial charge in [-0.15, -0.1) is 0 Å². The minimum Gasteiger partial charge on any atom is -0.302 e. The summed E-state index contributed by atoms with van der Waals surface area (Å²) in [5, 5.41) is 0. The summed E-state index contributed by atoms with van der Waals surface area (Å²) in [4.78, 5) is 17.2. The summed E-state index contributed by atoms with van der Waals surface area (Å²) in [5.41, 5.74) is 0. The fraction of sp³-hybridized carbons (Fsp3) is 1.00. The highest BCUT2D eigenvalue weighted by molar-refractivity contribution is 7.90. The molecule has 0 aromatic carbocycles. The van der Waals surface area contributed by atoms with Gasteiger partial charge in [-0.05, 0) is 0 Å². The van der Waals surface area contributed by atoms with Gasteiger partial charge < -0.3 is 9.79 Å². The van der Waals surface area contributed by atoms with E-state index in [0.29, 0.717) is 6.26 Å². The van der Waals surface area contributed by atoms with Crippen LogP contribution < -0.4 is 0 Å². The number of rotatable bonds is 5. The lowest BCUT2D eigenvalue weighted by molar-refractivity contribution is 0.208. The Hall–Kier alpha value is 0.210. The standard InChI is InChI=1S/C2H8O9P2S/c1-9-12(3,4)10-13(5,6)11-14(2,7)8/h1-2H3,(H,3,4)(H,5,6). The second kappa shape index (κ2) is 4.38. The highest BCUT2D eigenvalue weighted by Crippen LogP contribution is 2.60. The normalized spacial score (nSPS) is 21.1. The molecule has 0 radical (unpaired) electrons. The van der Waals surface area contributed by atoms with Crippen molar-refractivity contribution < 1.29 is 40.1 Å². The third-order valence-electron chi connectivity index (χ3n) is 0.667. The summed E-state index contributed by atoms with van der Waals surface area (Å²) in [6.07, 6.45) is 0.467. The molecule has 2 atom stereocenters. The zero-order valence-corrected chi connectivity index (χ0v) is 9.66. The molecule has 0 aliphatic rings. The first kappa shape index (κ1) is 14.2. The highest BCUT2D eigenvalue weighted by atomic mass is 32.2. The van der Waals surface area contributed by atoms with Crippen LogP contribution in [0.3, 0.4) is 0 Å². The molecule has 0 spiro atoms. The summed E-state index contributed by atoms with van der Waals surface area (Å²) in [7, 11) is -13.5. The Labute approximate surface area is 80.0 Å². The largest absolute Gasteiger partial charge is 0.495 e. The summed E-state index contributed by atoms with van der Waals surface area (Å²) in [5.74, 6) is 0. The van der Waals surface area contributed by atoms with E-state index < -0.39 is 25.8 Å². The molecule has 0 bridgehead atoms. The van der Waals surface area contributed by atoms with Gasteiger partial charge in [0, 0.05) is 7.11 Å². The zero-order chi connectivity index (χ0) is 11.6. The SMILES string of the molecule is COP(=O)(O)OP(=O)(O)OS(C)(=O)=O. The van der Waals surface area contributed by atoms with Crippen LogP contribution in [0, 0.1) is 0 Å². The van der Waals surface area contributed by atoms with Gasteiger partial charge in [0.2, 0.25) is 0 Å². The van der Waals surface area contributed by atoms with Gasteiger partial charge in [0.25, 0.3) is 10.1 Å². The Morgan fingerprint density at radius 3 is 1.86 bits per heavy atom. The van der Waals surface area contributed by atoms with E-state index in [1.54, 1.807) is 0 Å². The Kier molecular flexibility index (Phi) is 4.44. The maximum atomic E-state index is 10.7. The molecule has 2 N–H and O–H groups in total. The molecule has 0 aliphatic carbocycles. The van der Waals surface area contributed by atoms with Crippen molar-refractivity contribution in [2.75, 3.05) is 13.4 Å². The molecule has 86 valence electrons. The molecule has 2 unspecified atom stereocenters. The van der Waals surface area contributed by atoms with E-state index in [9.17, 15) is 17.5 Å². The van der Waals surface area contributed by atoms with Crippen molar-refractivity contribution in [2.45, 2.75) is 0 Å². The van der Waals surface area contributed by atoms with E-state index in [1.165, 1.54) is 0 Å². The first-order valence-corrected chi connectivity index (χ1v) is 7.62. The van der Waals surface area contributed by atoms with Crippen molar-refractivity contribution in [2.24, 2.45) is 0 Å². The van der Waals surface area contributed by atoms with Gasteiger partial charge in [-0.3, -0.25) is 4.52 Å². The first-order valence-electron chi connectivity index (χ1n) is 2.81. The zero-order valence-electron chi connectivity index (χ0n) is 7.05. The van der Waals surface area contributed by atoms with E-state index in [0.717, 1.165) is 7.11 Å². The van der Waals surface area contributed by atoms with Crippen LogP contribution in [0.2, 0.25) is 0 Å². The molecule has 0 fully saturated rings. The topological polar surface area (TPSA) is 136 Å². The lowest BCUT2D eigenvalue weighted by atomic mass is 11.8. The van der Waals surface area contributed by atoms with Crippen molar-refractivity contribution in [1.29, 1.82) is 0 Å². The molecule has 0 rings (SSSR count). The summed E-state index contributed by atoms with van der Waals surface area (Å²) < 4.78 is 52.9. The molecule has 0 saturated heterocycles. The van der Waals surface area contributed by atoms with Crippen LogP contribution in [0.5, 0.6) is 0 Å². The van der Waals surface area contributed by atoms with Crippen molar-refractivity contribution in [3.05, 3.63) is 0 Å². The van der Waals surface area contributed by atoms with Gasteiger partial charge in [0.15, 0.2) is 0 Å². The lowest BCUT2D eigenvalue weighted by Gasteiger charge is -2.12. The quantitative estimate of drug-likeness (QED) is 0.652. The third kappa shape index (κ3) is 6.63. The fourth-order valence-electron chi connectivity index (χ4n) is 0.348. The molecule has 0 heterocycles. The Balaban J connectivity index is 4.69. The number of phosphoric ester groups is 1. The number of hydrogen-bond acceptors (Lipinski definition) is 7. The van der Waals surface area contributed by atoms with E-state index in [4.69, 9.17) is 9.79 Å². The molecule has 0 amide bonds. The van der Waals surface area contributed by atoms with Crippen LogP contribution in [0.1, 0.15) is 0 Å². The average Bonchev–Trinajstić information content (AvgIpc) is 1.78. The average molecular weight is 270 g/mol. The number of phosphoric acid groups is 2. The maximum absolute atomic E-state index is 10.7. The monoisotopic (exact) mass is 270 g/mol. The molecule has 0 aliphatic heterocycles. The second-order valence-corrected chi connectivity index (χ2v) is 6.88. The molecule has 0 saturated carbocycles. The Morgan fingerprint density at radius 1 is 1.14 bits per heavy atom. The number of hydrogen-bond donors (Lipinski definition) is 2. The molecule has 14 heavy (non-hydrogen) atoms. The van der Waals surface area contributed by atoms with Crippen LogP contribution in [-0.4, -0.2) is 31.6 Å². The van der Waals surface area contributed by atoms with Gasteiger partial charge in [-0.1, -0.05) is 0 Å². The van der Waals surface area contributed by atoms with Gasteiger partial charge in [0.1, 0.15) is 0 Å². The van der Waals surface area contributed by atoms with Crippen molar-refractivity contribution in [3.63, 3.8) is 0 Å². The highest BCUT2D eigenvalue weighted by Gasteiger charge is 2.37. The Bertz CT molecular complexity index is 382. The van der Waals surface area contributed by atoms with E-state index >= 15 is 0 Å². The van der Waals surface area contributed by atoms with Crippen molar-refractivity contribution in [1.82, 2.24) is 0 Å². The second-order valence-electron chi connectivity index (χ2n) is 1.98. The van der Waals surface area contributed by atoms with Crippen molar-refractivity contribution in [3.8, 4) is 0 Å².